The van der Waals surface area contributed by atoms with Crippen LogP contribution in [-0.4, -0.2) is 56.1 Å². The van der Waals surface area contributed by atoms with Crippen LogP contribution in [-0.2, 0) is 24.3 Å². The van der Waals surface area contributed by atoms with Crippen molar-refractivity contribution in [3.63, 3.8) is 0 Å². The predicted molar refractivity (Wildman–Crippen MR) is 119 cm³/mol. The highest BCUT2D eigenvalue weighted by atomic mass is 32.2. The molecule has 31 heavy (non-hydrogen) atoms. The van der Waals surface area contributed by atoms with Gasteiger partial charge in [-0.2, -0.15) is 4.31 Å². The molecule has 4 rings (SSSR count). The van der Waals surface area contributed by atoms with Gasteiger partial charge in [0.1, 0.15) is 0 Å². The molecule has 0 aromatic heterocycles. The van der Waals surface area contributed by atoms with E-state index in [1.165, 1.54) is 28.2 Å². The number of hydrogen-bond donors (Lipinski definition) is 2. The number of para-hydroxylation sites is 1. The maximum Gasteiger partial charge on any atom is 0.243 e. The number of ether oxygens (including phenoxy) is 1. The molecule has 2 heterocycles. The lowest BCUT2D eigenvalue weighted by Gasteiger charge is -2.26. The summed E-state index contributed by atoms with van der Waals surface area (Å²) >= 11 is 1.35. The second-order valence-corrected chi connectivity index (χ2v) is 10.5. The predicted octanol–water partition coefficient (Wildman–Crippen LogP) is 2.46. The molecule has 1 saturated heterocycles. The number of thioether (sulfide) groups is 1. The minimum Gasteiger partial charge on any atom is -0.379 e. The summed E-state index contributed by atoms with van der Waals surface area (Å²) in [5, 5.41) is 5.04. The summed E-state index contributed by atoms with van der Waals surface area (Å²) in [5.41, 5.74) is 1.90. The van der Waals surface area contributed by atoms with Gasteiger partial charge in [0, 0.05) is 30.1 Å². The second kappa shape index (κ2) is 8.99. The molecule has 2 aromatic rings. The number of hydrogen-bond acceptors (Lipinski definition) is 6. The number of morpholine rings is 1. The Morgan fingerprint density at radius 3 is 2.74 bits per heavy atom. The molecule has 0 spiro atoms. The van der Waals surface area contributed by atoms with Crippen LogP contribution in [0, 0.1) is 6.92 Å². The van der Waals surface area contributed by atoms with Gasteiger partial charge in [0.25, 0.3) is 0 Å². The van der Waals surface area contributed by atoms with E-state index in [4.69, 9.17) is 4.74 Å². The number of sulfonamides is 1. The van der Waals surface area contributed by atoms with E-state index in [0.29, 0.717) is 32.0 Å². The summed E-state index contributed by atoms with van der Waals surface area (Å²) in [6, 6.07) is 12.1. The molecule has 0 unspecified atom stereocenters. The molecule has 2 aromatic carbocycles. The van der Waals surface area contributed by atoms with Crippen LogP contribution in [0.3, 0.4) is 0 Å². The number of fused-ring (bicyclic) bond motifs is 1. The van der Waals surface area contributed by atoms with Crippen LogP contribution in [0.15, 0.2) is 52.3 Å². The molecular weight excluding hydrogens is 438 g/mol. The molecule has 2 N–H and O–H groups in total. The summed E-state index contributed by atoms with van der Waals surface area (Å²) in [6.45, 7) is 3.11. The van der Waals surface area contributed by atoms with Crippen LogP contribution >= 0.6 is 11.8 Å². The first-order valence-electron chi connectivity index (χ1n) is 9.89. The molecule has 2 aliphatic heterocycles. The molecule has 0 radical (unpaired) electrons. The number of anilines is 2. The monoisotopic (exact) mass is 461 g/mol. The number of carbonyl (C=O) groups is 2. The lowest BCUT2D eigenvalue weighted by molar-refractivity contribution is -0.120. The fraction of sp³-hybridized carbons (Fsp3) is 0.333. The quantitative estimate of drug-likeness (QED) is 0.709. The molecule has 164 valence electrons. The lowest BCUT2D eigenvalue weighted by atomic mass is 10.2. The third-order valence-corrected chi connectivity index (χ3v) is 8.34. The highest BCUT2D eigenvalue weighted by molar-refractivity contribution is 8.01. The summed E-state index contributed by atoms with van der Waals surface area (Å²) in [6.07, 6.45) is -0.0231. The normalized spacial score (nSPS) is 19.4. The Morgan fingerprint density at radius 2 is 1.97 bits per heavy atom. The second-order valence-electron chi connectivity index (χ2n) is 7.34. The van der Waals surface area contributed by atoms with Crippen molar-refractivity contribution in [3.8, 4) is 0 Å². The van der Waals surface area contributed by atoms with Crippen molar-refractivity contribution in [1.29, 1.82) is 0 Å². The smallest absolute Gasteiger partial charge is 0.243 e. The van der Waals surface area contributed by atoms with E-state index in [2.05, 4.69) is 10.6 Å². The third kappa shape index (κ3) is 4.77. The number of nitrogens with one attached hydrogen (secondary N) is 2. The van der Waals surface area contributed by atoms with Crippen molar-refractivity contribution < 1.29 is 22.7 Å². The fourth-order valence-electron chi connectivity index (χ4n) is 3.43. The van der Waals surface area contributed by atoms with E-state index < -0.39 is 15.3 Å². The maximum absolute atomic E-state index is 12.9. The van der Waals surface area contributed by atoms with Gasteiger partial charge in [0.15, 0.2) is 0 Å². The number of nitrogens with zero attached hydrogens (tertiary/aromatic N) is 1. The number of amides is 2. The van der Waals surface area contributed by atoms with Gasteiger partial charge in [-0.15, -0.1) is 11.8 Å². The lowest BCUT2D eigenvalue weighted by Crippen LogP contribution is -2.40. The maximum atomic E-state index is 12.9. The molecule has 8 nitrogen and oxygen atoms in total. The molecule has 0 saturated carbocycles. The zero-order valence-corrected chi connectivity index (χ0v) is 18.6. The Morgan fingerprint density at radius 1 is 1.23 bits per heavy atom. The van der Waals surface area contributed by atoms with Crippen molar-refractivity contribution in [1.82, 2.24) is 4.31 Å². The molecule has 10 heteroatoms. The number of carbonyl (C=O) groups excluding carboxylic acids is 2. The number of rotatable bonds is 5. The SMILES string of the molecule is Cc1ccc(S(=O)(=O)N2CCOCC2)cc1NC(=O)C[C@@H]1Sc2ccccc2NC1=O. The molecule has 0 aliphatic carbocycles. The van der Waals surface area contributed by atoms with E-state index in [9.17, 15) is 18.0 Å². The zero-order chi connectivity index (χ0) is 22.0. The van der Waals surface area contributed by atoms with Gasteiger partial charge in [0.2, 0.25) is 21.8 Å². The van der Waals surface area contributed by atoms with Gasteiger partial charge in [-0.25, -0.2) is 8.42 Å². The average molecular weight is 462 g/mol. The zero-order valence-electron chi connectivity index (χ0n) is 17.0. The van der Waals surface area contributed by atoms with Crippen LogP contribution in [0.4, 0.5) is 11.4 Å². The van der Waals surface area contributed by atoms with Crippen molar-refractivity contribution in [2.24, 2.45) is 0 Å². The van der Waals surface area contributed by atoms with E-state index >= 15 is 0 Å². The molecule has 2 aliphatic rings. The molecule has 2 amide bonds. The minimum atomic E-state index is -3.67. The Kier molecular flexibility index (Phi) is 6.33. The van der Waals surface area contributed by atoms with Crippen molar-refractivity contribution in [3.05, 3.63) is 48.0 Å². The standard InChI is InChI=1S/C21H23N3O5S2/c1-14-6-7-15(31(27,28)24-8-10-29-11-9-24)12-17(14)22-20(25)13-19-21(26)23-16-4-2-3-5-18(16)30-19/h2-7,12,19H,8-11,13H2,1H3,(H,22,25)(H,23,26)/t19-/m0/s1. The van der Waals surface area contributed by atoms with Gasteiger partial charge in [0.05, 0.1) is 29.0 Å². The Balaban J connectivity index is 1.47. The third-order valence-electron chi connectivity index (χ3n) is 5.17. The molecule has 1 fully saturated rings. The minimum absolute atomic E-state index is 0.0231. The summed E-state index contributed by atoms with van der Waals surface area (Å²) in [4.78, 5) is 26.1. The molecule has 0 bridgehead atoms. The van der Waals surface area contributed by atoms with Gasteiger partial charge in [-0.05, 0) is 36.8 Å². The van der Waals surface area contributed by atoms with E-state index in [1.54, 1.807) is 13.0 Å². The summed E-state index contributed by atoms with van der Waals surface area (Å²) < 4.78 is 32.4. The summed E-state index contributed by atoms with van der Waals surface area (Å²) in [7, 11) is -3.67. The topological polar surface area (TPSA) is 105 Å². The Labute approximate surface area is 185 Å². The van der Waals surface area contributed by atoms with Crippen molar-refractivity contribution in [2.45, 2.75) is 28.4 Å². The van der Waals surface area contributed by atoms with Gasteiger partial charge >= 0.3 is 0 Å². The highest BCUT2D eigenvalue weighted by Gasteiger charge is 2.30. The Hall–Kier alpha value is -2.40. The van der Waals surface area contributed by atoms with Crippen LogP contribution in [0.25, 0.3) is 0 Å². The number of benzene rings is 2. The first-order chi connectivity index (χ1) is 14.8. The van der Waals surface area contributed by atoms with E-state index in [0.717, 1.165) is 16.1 Å². The fourth-order valence-corrected chi connectivity index (χ4v) is 5.97. The average Bonchev–Trinajstić information content (AvgIpc) is 2.76. The molecule has 1 atom stereocenters. The van der Waals surface area contributed by atoms with E-state index in [1.807, 2.05) is 24.3 Å². The highest BCUT2D eigenvalue weighted by Crippen LogP contribution is 2.36. The van der Waals surface area contributed by atoms with Crippen LogP contribution in [0.5, 0.6) is 0 Å². The molecular formula is C21H23N3O5S2. The van der Waals surface area contributed by atoms with Crippen molar-refractivity contribution in [2.75, 3.05) is 36.9 Å². The number of aryl methyl sites for hydroxylation is 1. The first kappa shape index (κ1) is 21.8. The van der Waals surface area contributed by atoms with E-state index in [-0.39, 0.29) is 23.1 Å². The first-order valence-corrected chi connectivity index (χ1v) is 12.2. The summed E-state index contributed by atoms with van der Waals surface area (Å²) in [5.74, 6) is -0.574. The van der Waals surface area contributed by atoms with Gasteiger partial charge < -0.3 is 15.4 Å². The van der Waals surface area contributed by atoms with Crippen LogP contribution in [0.2, 0.25) is 0 Å². The Bertz CT molecular complexity index is 1110. The van der Waals surface area contributed by atoms with Gasteiger partial charge in [-0.3, -0.25) is 9.59 Å². The van der Waals surface area contributed by atoms with Crippen molar-refractivity contribution >= 4 is 45.0 Å². The largest absolute Gasteiger partial charge is 0.379 e. The van der Waals surface area contributed by atoms with Crippen LogP contribution < -0.4 is 10.6 Å². The van der Waals surface area contributed by atoms with Gasteiger partial charge in [-0.1, -0.05) is 18.2 Å². The van der Waals surface area contributed by atoms with Crippen LogP contribution in [0.1, 0.15) is 12.0 Å².